The summed E-state index contributed by atoms with van der Waals surface area (Å²) in [4.78, 5) is 22.4. The maximum atomic E-state index is 11.6. The van der Waals surface area contributed by atoms with Crippen LogP contribution in [0.3, 0.4) is 0 Å². The number of esters is 1. The van der Waals surface area contributed by atoms with Crippen molar-refractivity contribution in [3.05, 3.63) is 41.7 Å². The minimum absolute atomic E-state index is 0.348. The standard InChI is InChI=1S/C13H13N3O3/c1-2-7-19-13(18)10-3-5-11(6-4-10)16-12(9-17)8-14-15-16/h3-6,8-9H,2,7H2,1H3. The van der Waals surface area contributed by atoms with E-state index in [-0.39, 0.29) is 5.97 Å². The van der Waals surface area contributed by atoms with E-state index in [1.165, 1.54) is 10.9 Å². The first-order chi connectivity index (χ1) is 9.26. The van der Waals surface area contributed by atoms with Crippen molar-refractivity contribution in [2.45, 2.75) is 13.3 Å². The molecule has 6 heteroatoms. The van der Waals surface area contributed by atoms with Crippen LogP contribution in [0.1, 0.15) is 34.2 Å². The van der Waals surface area contributed by atoms with Crippen molar-refractivity contribution in [3.63, 3.8) is 0 Å². The van der Waals surface area contributed by atoms with E-state index in [2.05, 4.69) is 10.3 Å². The molecule has 98 valence electrons. The van der Waals surface area contributed by atoms with Crippen molar-refractivity contribution < 1.29 is 14.3 Å². The van der Waals surface area contributed by atoms with Crippen LogP contribution in [-0.2, 0) is 4.74 Å². The van der Waals surface area contributed by atoms with E-state index in [9.17, 15) is 9.59 Å². The van der Waals surface area contributed by atoms with Gasteiger partial charge in [0.15, 0.2) is 6.29 Å². The molecule has 1 aromatic carbocycles. The smallest absolute Gasteiger partial charge is 0.338 e. The van der Waals surface area contributed by atoms with E-state index in [1.54, 1.807) is 24.3 Å². The van der Waals surface area contributed by atoms with E-state index >= 15 is 0 Å². The third-order valence-electron chi connectivity index (χ3n) is 2.48. The van der Waals surface area contributed by atoms with Gasteiger partial charge in [-0.1, -0.05) is 12.1 Å². The Morgan fingerprint density at radius 3 is 2.74 bits per heavy atom. The molecule has 0 bridgehead atoms. The second-order valence-corrected chi connectivity index (χ2v) is 3.87. The molecule has 0 spiro atoms. The minimum atomic E-state index is -0.359. The van der Waals surface area contributed by atoms with Crippen molar-refractivity contribution in [2.24, 2.45) is 0 Å². The lowest BCUT2D eigenvalue weighted by Crippen LogP contribution is -2.07. The third-order valence-corrected chi connectivity index (χ3v) is 2.48. The quantitative estimate of drug-likeness (QED) is 0.603. The molecule has 2 aromatic rings. The summed E-state index contributed by atoms with van der Waals surface area (Å²) in [5, 5.41) is 7.46. The first-order valence-electron chi connectivity index (χ1n) is 5.89. The van der Waals surface area contributed by atoms with Crippen LogP contribution in [0.4, 0.5) is 0 Å². The average Bonchev–Trinajstić information content (AvgIpc) is 2.93. The Morgan fingerprint density at radius 1 is 1.37 bits per heavy atom. The number of rotatable bonds is 5. The molecule has 6 nitrogen and oxygen atoms in total. The lowest BCUT2D eigenvalue weighted by molar-refractivity contribution is 0.0505. The number of ether oxygens (including phenoxy) is 1. The Morgan fingerprint density at radius 2 is 2.11 bits per heavy atom. The maximum Gasteiger partial charge on any atom is 0.338 e. The Labute approximate surface area is 110 Å². The van der Waals surface area contributed by atoms with E-state index in [4.69, 9.17) is 4.74 Å². The van der Waals surface area contributed by atoms with E-state index in [1.807, 2.05) is 6.92 Å². The molecule has 0 unspecified atom stereocenters. The monoisotopic (exact) mass is 259 g/mol. The lowest BCUT2D eigenvalue weighted by Gasteiger charge is -2.05. The number of carbonyl (C=O) groups is 2. The molecule has 2 rings (SSSR count). The predicted molar refractivity (Wildman–Crippen MR) is 67.3 cm³/mol. The molecule has 0 saturated heterocycles. The van der Waals surface area contributed by atoms with Crippen LogP contribution < -0.4 is 0 Å². The molecule has 0 aliphatic heterocycles. The first kappa shape index (κ1) is 12.9. The highest BCUT2D eigenvalue weighted by atomic mass is 16.5. The third kappa shape index (κ3) is 2.85. The second-order valence-electron chi connectivity index (χ2n) is 3.87. The van der Waals surface area contributed by atoms with Crippen molar-refractivity contribution in [1.29, 1.82) is 0 Å². The molecule has 0 aliphatic rings. The predicted octanol–water partition coefficient (Wildman–Crippen LogP) is 1.65. The zero-order valence-electron chi connectivity index (χ0n) is 10.4. The highest BCUT2D eigenvalue weighted by Crippen LogP contribution is 2.11. The summed E-state index contributed by atoms with van der Waals surface area (Å²) in [6.45, 7) is 2.33. The molecular formula is C13H13N3O3. The highest BCUT2D eigenvalue weighted by molar-refractivity contribution is 5.89. The van der Waals surface area contributed by atoms with E-state index < -0.39 is 0 Å². The number of hydrogen-bond donors (Lipinski definition) is 0. The summed E-state index contributed by atoms with van der Waals surface area (Å²) in [5.41, 5.74) is 1.47. The number of aldehydes is 1. The van der Waals surface area contributed by atoms with Crippen molar-refractivity contribution in [1.82, 2.24) is 15.0 Å². The zero-order chi connectivity index (χ0) is 13.7. The number of aromatic nitrogens is 3. The Bertz CT molecular complexity index is 575. The van der Waals surface area contributed by atoms with Gasteiger partial charge in [-0.25, -0.2) is 9.48 Å². The van der Waals surface area contributed by atoms with Gasteiger partial charge in [0.25, 0.3) is 0 Å². The van der Waals surface area contributed by atoms with Gasteiger partial charge in [0.2, 0.25) is 0 Å². The van der Waals surface area contributed by atoms with Crippen LogP contribution in [0.25, 0.3) is 5.69 Å². The molecule has 1 aromatic heterocycles. The fraction of sp³-hybridized carbons (Fsp3) is 0.231. The largest absolute Gasteiger partial charge is 0.462 e. The molecule has 0 fully saturated rings. The average molecular weight is 259 g/mol. The Balaban J connectivity index is 2.19. The van der Waals surface area contributed by atoms with Crippen LogP contribution >= 0.6 is 0 Å². The van der Waals surface area contributed by atoms with Gasteiger partial charge < -0.3 is 4.74 Å². The van der Waals surface area contributed by atoms with Gasteiger partial charge >= 0.3 is 5.97 Å². The summed E-state index contributed by atoms with van der Waals surface area (Å²) in [6.07, 6.45) is 2.82. The number of hydrogen-bond acceptors (Lipinski definition) is 5. The van der Waals surface area contributed by atoms with Gasteiger partial charge in [0.05, 0.1) is 24.1 Å². The van der Waals surface area contributed by atoms with Gasteiger partial charge in [-0.15, -0.1) is 5.10 Å². The first-order valence-corrected chi connectivity index (χ1v) is 5.89. The molecule has 0 radical (unpaired) electrons. The van der Waals surface area contributed by atoms with E-state index in [0.29, 0.717) is 29.8 Å². The van der Waals surface area contributed by atoms with E-state index in [0.717, 1.165) is 6.42 Å². The zero-order valence-corrected chi connectivity index (χ0v) is 10.4. The van der Waals surface area contributed by atoms with Gasteiger partial charge in [0, 0.05) is 0 Å². The summed E-state index contributed by atoms with van der Waals surface area (Å²) in [6, 6.07) is 6.63. The van der Waals surface area contributed by atoms with Crippen molar-refractivity contribution >= 4 is 12.3 Å². The maximum absolute atomic E-state index is 11.6. The number of benzene rings is 1. The Hall–Kier alpha value is -2.50. The molecular weight excluding hydrogens is 246 g/mol. The Kier molecular flexibility index (Phi) is 4.02. The molecule has 19 heavy (non-hydrogen) atoms. The molecule has 0 aliphatic carbocycles. The highest BCUT2D eigenvalue weighted by Gasteiger charge is 2.09. The SMILES string of the molecule is CCCOC(=O)c1ccc(-n2nncc2C=O)cc1. The molecule has 1 heterocycles. The fourth-order valence-corrected chi connectivity index (χ4v) is 1.54. The lowest BCUT2D eigenvalue weighted by atomic mass is 10.2. The molecule has 0 N–H and O–H groups in total. The molecule has 0 amide bonds. The summed E-state index contributed by atoms with van der Waals surface area (Å²) in [7, 11) is 0. The fourth-order valence-electron chi connectivity index (χ4n) is 1.54. The van der Waals surface area contributed by atoms with Gasteiger partial charge in [-0.2, -0.15) is 0 Å². The van der Waals surface area contributed by atoms with Crippen molar-refractivity contribution in [2.75, 3.05) is 6.61 Å². The van der Waals surface area contributed by atoms with Gasteiger partial charge in [0.1, 0.15) is 5.69 Å². The normalized spacial score (nSPS) is 10.2. The number of carbonyl (C=O) groups excluding carboxylic acids is 2. The summed E-state index contributed by atoms with van der Waals surface area (Å²) >= 11 is 0. The van der Waals surface area contributed by atoms with Crippen LogP contribution in [0.15, 0.2) is 30.5 Å². The topological polar surface area (TPSA) is 74.1 Å². The van der Waals surface area contributed by atoms with Gasteiger partial charge in [-0.05, 0) is 30.7 Å². The number of nitrogens with zero attached hydrogens (tertiary/aromatic N) is 3. The molecule has 0 atom stereocenters. The minimum Gasteiger partial charge on any atom is -0.462 e. The van der Waals surface area contributed by atoms with Crippen LogP contribution in [0, 0.1) is 0 Å². The summed E-state index contributed by atoms with van der Waals surface area (Å²) in [5.74, 6) is -0.359. The van der Waals surface area contributed by atoms with Crippen LogP contribution in [-0.4, -0.2) is 33.9 Å². The molecule has 0 saturated carbocycles. The second kappa shape index (κ2) is 5.90. The summed E-state index contributed by atoms with van der Waals surface area (Å²) < 4.78 is 6.42. The van der Waals surface area contributed by atoms with Gasteiger partial charge in [-0.3, -0.25) is 4.79 Å². The van der Waals surface area contributed by atoms with Crippen LogP contribution in [0.5, 0.6) is 0 Å². The van der Waals surface area contributed by atoms with Crippen LogP contribution in [0.2, 0.25) is 0 Å². The van der Waals surface area contributed by atoms with Crippen molar-refractivity contribution in [3.8, 4) is 5.69 Å².